The Balaban J connectivity index is 2.65. The van der Waals surface area contributed by atoms with Gasteiger partial charge in [0.1, 0.15) is 0 Å². The maximum Gasteiger partial charge on any atom is 0.237 e. The average molecular weight is 386 g/mol. The summed E-state index contributed by atoms with van der Waals surface area (Å²) in [5.74, 6) is 0.549. The first kappa shape index (κ1) is 20.3. The quantitative estimate of drug-likeness (QED) is 0.613. The van der Waals surface area contributed by atoms with Crippen molar-refractivity contribution in [3.63, 3.8) is 0 Å². The Morgan fingerprint density at radius 2 is 1.04 bits per heavy atom. The van der Waals surface area contributed by atoms with E-state index in [1.165, 1.54) is 0 Å². The minimum Gasteiger partial charge on any atom is -0.348 e. The summed E-state index contributed by atoms with van der Waals surface area (Å²) in [6, 6.07) is 18.8. The first-order valence-electron chi connectivity index (χ1n) is 8.29. The molecular formula is C19H24ClN7. The Labute approximate surface area is 165 Å². The number of anilines is 2. The van der Waals surface area contributed by atoms with E-state index >= 15 is 0 Å². The maximum atomic E-state index is 8.58. The molecule has 0 fully saturated rings. The zero-order valence-corrected chi connectivity index (χ0v) is 16.6. The van der Waals surface area contributed by atoms with Crippen LogP contribution >= 0.6 is 11.8 Å². The lowest BCUT2D eigenvalue weighted by molar-refractivity contribution is 0.603. The third-order valence-corrected chi connectivity index (χ3v) is 3.93. The molecule has 0 radical (unpaired) electrons. The smallest absolute Gasteiger partial charge is 0.237 e. The number of benzene rings is 2. The molecule has 0 saturated heterocycles. The van der Waals surface area contributed by atoms with Crippen LogP contribution in [0.15, 0.2) is 65.2 Å². The van der Waals surface area contributed by atoms with Gasteiger partial charge in [-0.25, -0.2) is 9.80 Å². The molecule has 27 heavy (non-hydrogen) atoms. The number of nitrogens with zero attached hydrogens (tertiary/aromatic N) is 5. The van der Waals surface area contributed by atoms with Crippen LogP contribution in [0.2, 0.25) is 0 Å². The Morgan fingerprint density at radius 3 is 1.30 bits per heavy atom. The highest BCUT2D eigenvalue weighted by atomic mass is 35.5. The number of nitrogens with one attached hydrogen (secondary N) is 2. The predicted molar refractivity (Wildman–Crippen MR) is 114 cm³/mol. The summed E-state index contributed by atoms with van der Waals surface area (Å²) < 4.78 is 3.95. The highest BCUT2D eigenvalue weighted by Crippen LogP contribution is 2.23. The molecule has 0 bridgehead atoms. The van der Waals surface area contributed by atoms with Crippen molar-refractivity contribution in [1.29, 1.82) is 10.8 Å². The van der Waals surface area contributed by atoms with Crippen molar-refractivity contribution in [2.24, 2.45) is 4.51 Å². The average Bonchev–Trinajstić information content (AvgIpc) is 2.68. The van der Waals surface area contributed by atoms with Crippen molar-refractivity contribution in [1.82, 2.24) is 9.80 Å². The van der Waals surface area contributed by atoms with Gasteiger partial charge in [0.15, 0.2) is 0 Å². The fourth-order valence-electron chi connectivity index (χ4n) is 2.39. The minimum absolute atomic E-state index is 0.160. The van der Waals surface area contributed by atoms with Gasteiger partial charge in [-0.3, -0.25) is 10.8 Å². The Morgan fingerprint density at radius 1 is 0.704 bits per heavy atom. The second kappa shape index (κ2) is 9.05. The van der Waals surface area contributed by atoms with E-state index in [1.54, 1.807) is 47.8 Å². The monoisotopic (exact) mass is 385 g/mol. The molecule has 0 unspecified atom stereocenters. The summed E-state index contributed by atoms with van der Waals surface area (Å²) in [6.45, 7) is 0. The normalized spacial score (nSPS) is 9.96. The van der Waals surface area contributed by atoms with E-state index in [0.717, 1.165) is 0 Å². The third kappa shape index (κ3) is 4.57. The van der Waals surface area contributed by atoms with Gasteiger partial charge in [0.25, 0.3) is 0 Å². The molecule has 2 aromatic carbocycles. The molecule has 0 amide bonds. The predicted octanol–water partition coefficient (Wildman–Crippen LogP) is 3.50. The van der Waals surface area contributed by atoms with E-state index in [0.29, 0.717) is 11.4 Å². The van der Waals surface area contributed by atoms with Crippen LogP contribution in [-0.4, -0.2) is 55.9 Å². The first-order chi connectivity index (χ1) is 12.9. The van der Waals surface area contributed by atoms with Crippen LogP contribution in [-0.2, 0) is 0 Å². The Hall–Kier alpha value is -3.06. The van der Waals surface area contributed by atoms with Gasteiger partial charge in [-0.1, -0.05) is 36.4 Å². The number of guanidine groups is 3. The molecule has 2 rings (SSSR count). The number of para-hydroxylation sites is 2. The van der Waals surface area contributed by atoms with Gasteiger partial charge in [-0.05, 0) is 24.3 Å². The minimum atomic E-state index is 0.160. The topological polar surface area (TPSA) is 73.0 Å². The number of hydrogen-bond acceptors (Lipinski definition) is 3. The molecule has 0 aliphatic heterocycles. The van der Waals surface area contributed by atoms with Crippen molar-refractivity contribution in [2.45, 2.75) is 0 Å². The highest BCUT2D eigenvalue weighted by Gasteiger charge is 2.29. The fraction of sp³-hybridized carbons (Fsp3) is 0.211. The van der Waals surface area contributed by atoms with Gasteiger partial charge in [0, 0.05) is 40.0 Å². The fourth-order valence-corrected chi connectivity index (χ4v) is 2.55. The van der Waals surface area contributed by atoms with Crippen LogP contribution in [0.25, 0.3) is 0 Å². The van der Waals surface area contributed by atoms with Crippen LogP contribution in [0.3, 0.4) is 0 Å². The van der Waals surface area contributed by atoms with Gasteiger partial charge in [-0.2, -0.15) is 0 Å². The van der Waals surface area contributed by atoms with Gasteiger partial charge in [-0.15, -0.1) is 4.51 Å². The van der Waals surface area contributed by atoms with E-state index in [2.05, 4.69) is 4.51 Å². The standard InChI is InChI=1S/C19H24ClN7/c1-24(2)17(21)26(15-11-7-5-8-12-15)19(23-20)27(18(22)25(3)4)16-13-9-6-10-14-16/h5-14,21-22H,1-4H3. The van der Waals surface area contributed by atoms with Crippen LogP contribution in [0, 0.1) is 10.8 Å². The van der Waals surface area contributed by atoms with Crippen molar-refractivity contribution < 1.29 is 0 Å². The lowest BCUT2D eigenvalue weighted by Gasteiger charge is -2.36. The van der Waals surface area contributed by atoms with Gasteiger partial charge < -0.3 is 9.80 Å². The van der Waals surface area contributed by atoms with Crippen LogP contribution in [0.1, 0.15) is 0 Å². The lowest BCUT2D eigenvalue weighted by Crippen LogP contribution is -2.55. The van der Waals surface area contributed by atoms with Crippen molar-refractivity contribution in [3.8, 4) is 0 Å². The maximum absolute atomic E-state index is 8.58. The Bertz CT molecular complexity index is 738. The SMILES string of the molecule is CN(C)C(=N)N(C(=NCl)N(C(=N)N(C)C)c1ccccc1)c1ccccc1. The van der Waals surface area contributed by atoms with E-state index in [4.69, 9.17) is 22.6 Å². The van der Waals surface area contributed by atoms with Gasteiger partial charge in [0.05, 0.1) is 11.4 Å². The van der Waals surface area contributed by atoms with Crippen LogP contribution in [0.4, 0.5) is 11.4 Å². The number of rotatable bonds is 2. The molecule has 0 atom stereocenters. The first-order valence-corrected chi connectivity index (χ1v) is 8.63. The molecule has 142 valence electrons. The number of halogens is 1. The van der Waals surface area contributed by atoms with Crippen molar-refractivity contribution >= 4 is 41.0 Å². The molecule has 0 aliphatic rings. The number of hydrogen-bond donors (Lipinski definition) is 2. The highest BCUT2D eigenvalue weighted by molar-refractivity contribution is 6.34. The zero-order valence-electron chi connectivity index (χ0n) is 15.9. The molecule has 0 aromatic heterocycles. The summed E-state index contributed by atoms with van der Waals surface area (Å²) in [7, 11) is 7.09. The van der Waals surface area contributed by atoms with Gasteiger partial charge >= 0.3 is 0 Å². The Kier molecular flexibility index (Phi) is 6.79. The molecule has 2 aromatic rings. The van der Waals surface area contributed by atoms with Crippen molar-refractivity contribution in [2.75, 3.05) is 38.0 Å². The van der Waals surface area contributed by atoms with E-state index in [-0.39, 0.29) is 17.9 Å². The summed E-state index contributed by atoms with van der Waals surface area (Å²) in [5.41, 5.74) is 1.42. The molecule has 0 heterocycles. The molecule has 8 heteroatoms. The third-order valence-electron chi connectivity index (χ3n) is 3.78. The largest absolute Gasteiger partial charge is 0.348 e. The summed E-state index contributed by atoms with van der Waals surface area (Å²) in [6.07, 6.45) is 0. The molecule has 7 nitrogen and oxygen atoms in total. The van der Waals surface area contributed by atoms with E-state index < -0.39 is 0 Å². The van der Waals surface area contributed by atoms with Crippen molar-refractivity contribution in [3.05, 3.63) is 60.7 Å². The molecular weight excluding hydrogens is 362 g/mol. The molecule has 0 spiro atoms. The zero-order chi connectivity index (χ0) is 20.0. The summed E-state index contributed by atoms with van der Waals surface area (Å²) in [4.78, 5) is 6.49. The van der Waals surface area contributed by atoms with Crippen LogP contribution in [0.5, 0.6) is 0 Å². The summed E-state index contributed by atoms with van der Waals surface area (Å²) >= 11 is 6.03. The van der Waals surface area contributed by atoms with Gasteiger partial charge in [0.2, 0.25) is 17.9 Å². The molecule has 0 saturated carbocycles. The lowest BCUT2D eigenvalue weighted by atomic mass is 10.2. The second-order valence-corrected chi connectivity index (χ2v) is 6.33. The van der Waals surface area contributed by atoms with E-state index in [9.17, 15) is 0 Å². The molecule has 2 N–H and O–H groups in total. The van der Waals surface area contributed by atoms with Crippen LogP contribution < -0.4 is 9.80 Å². The second-order valence-electron chi connectivity index (χ2n) is 6.16. The summed E-state index contributed by atoms with van der Waals surface area (Å²) in [5, 5.41) is 17.2. The molecule has 0 aliphatic carbocycles. The van der Waals surface area contributed by atoms with E-state index in [1.807, 2.05) is 60.7 Å².